The lowest BCUT2D eigenvalue weighted by Gasteiger charge is -2.44. The second kappa shape index (κ2) is 5.71. The van der Waals surface area contributed by atoms with E-state index < -0.39 is 0 Å². The molecule has 1 saturated carbocycles. The second-order valence-corrected chi connectivity index (χ2v) is 7.33. The highest BCUT2D eigenvalue weighted by molar-refractivity contribution is 7.07. The molecule has 21 heavy (non-hydrogen) atoms. The monoisotopic (exact) mass is 308 g/mol. The Kier molecular flexibility index (Phi) is 4.08. The summed E-state index contributed by atoms with van der Waals surface area (Å²) in [4.78, 5) is 14.8. The lowest BCUT2D eigenvalue weighted by Crippen LogP contribution is -2.51. The fraction of sp³-hybridized carbons (Fsp3) is 0.688. The van der Waals surface area contributed by atoms with Crippen molar-refractivity contribution in [1.82, 2.24) is 10.2 Å². The van der Waals surface area contributed by atoms with Gasteiger partial charge in [0, 0.05) is 7.11 Å². The van der Waals surface area contributed by atoms with Gasteiger partial charge in [-0.1, -0.05) is 13.8 Å². The summed E-state index contributed by atoms with van der Waals surface area (Å²) in [5.41, 5.74) is 1.05. The van der Waals surface area contributed by atoms with Gasteiger partial charge < -0.3 is 9.64 Å². The van der Waals surface area contributed by atoms with Crippen LogP contribution < -0.4 is 5.32 Å². The molecule has 2 unspecified atom stereocenters. The minimum Gasteiger partial charge on any atom is -0.376 e. The summed E-state index contributed by atoms with van der Waals surface area (Å²) in [6.45, 7) is 4.89. The Morgan fingerprint density at radius 3 is 2.76 bits per heavy atom. The Bertz CT molecular complexity index is 491. The van der Waals surface area contributed by atoms with Crippen LogP contribution in [0.1, 0.15) is 44.8 Å². The maximum absolute atomic E-state index is 12.8. The third-order valence-corrected chi connectivity index (χ3v) is 5.58. The van der Waals surface area contributed by atoms with Gasteiger partial charge >= 0.3 is 0 Å². The molecule has 1 aliphatic heterocycles. The summed E-state index contributed by atoms with van der Waals surface area (Å²) < 4.78 is 5.73. The standard InChI is InChI=1S/C16H24N2O2S/c1-11(2)13-15(19)18(10-16(20-3)6-4-7-16)14(17-13)12-5-8-21-9-12/h5,8-9,11,13-14,17H,4,6-7,10H2,1-3H3. The SMILES string of the molecule is COC1(CN2C(=O)C(C(C)C)NC2c2ccsc2)CCC1. The van der Waals surface area contributed by atoms with Crippen LogP contribution in [-0.2, 0) is 9.53 Å². The first-order valence-corrected chi connectivity index (χ1v) is 8.64. The van der Waals surface area contributed by atoms with E-state index >= 15 is 0 Å². The largest absolute Gasteiger partial charge is 0.376 e. The lowest BCUT2D eigenvalue weighted by atomic mass is 9.79. The number of carbonyl (C=O) groups excluding carboxylic acids is 1. The van der Waals surface area contributed by atoms with E-state index in [1.54, 1.807) is 18.4 Å². The van der Waals surface area contributed by atoms with Crippen LogP contribution in [0.15, 0.2) is 16.8 Å². The van der Waals surface area contributed by atoms with Gasteiger partial charge in [0.1, 0.15) is 6.17 Å². The summed E-state index contributed by atoms with van der Waals surface area (Å²) in [6.07, 6.45) is 3.29. The van der Waals surface area contributed by atoms with Crippen molar-refractivity contribution < 1.29 is 9.53 Å². The average molecular weight is 308 g/mol. The molecule has 2 aliphatic rings. The van der Waals surface area contributed by atoms with E-state index in [9.17, 15) is 4.79 Å². The summed E-state index contributed by atoms with van der Waals surface area (Å²) in [5, 5.41) is 7.71. The van der Waals surface area contributed by atoms with E-state index in [1.165, 1.54) is 12.0 Å². The zero-order valence-electron chi connectivity index (χ0n) is 13.0. The van der Waals surface area contributed by atoms with Crippen LogP contribution in [0.2, 0.25) is 0 Å². The first kappa shape index (κ1) is 15.0. The fourth-order valence-corrected chi connectivity index (χ4v) is 3.98. The van der Waals surface area contributed by atoms with Gasteiger partial charge in [-0.15, -0.1) is 0 Å². The molecule has 2 atom stereocenters. The molecule has 4 nitrogen and oxygen atoms in total. The average Bonchev–Trinajstić information content (AvgIpc) is 3.02. The third-order valence-electron chi connectivity index (χ3n) is 4.88. The van der Waals surface area contributed by atoms with E-state index in [4.69, 9.17) is 4.74 Å². The van der Waals surface area contributed by atoms with Crippen LogP contribution in [0.25, 0.3) is 0 Å². The summed E-state index contributed by atoms with van der Waals surface area (Å²) in [6, 6.07) is 2.01. The fourth-order valence-electron chi connectivity index (χ4n) is 3.30. The predicted molar refractivity (Wildman–Crippen MR) is 84.1 cm³/mol. The molecular weight excluding hydrogens is 284 g/mol. The number of amides is 1. The van der Waals surface area contributed by atoms with Crippen molar-refractivity contribution in [2.45, 2.75) is 50.9 Å². The van der Waals surface area contributed by atoms with Crippen LogP contribution in [0.5, 0.6) is 0 Å². The Morgan fingerprint density at radius 1 is 1.52 bits per heavy atom. The minimum absolute atomic E-state index is 0.0104. The van der Waals surface area contributed by atoms with E-state index in [0.717, 1.165) is 12.8 Å². The van der Waals surface area contributed by atoms with Gasteiger partial charge in [0.15, 0.2) is 0 Å². The Labute approximate surface area is 130 Å². The summed E-state index contributed by atoms with van der Waals surface area (Å²) in [5.74, 6) is 0.507. The quantitative estimate of drug-likeness (QED) is 0.909. The van der Waals surface area contributed by atoms with Gasteiger partial charge in [-0.25, -0.2) is 0 Å². The van der Waals surface area contributed by atoms with E-state index in [1.807, 2.05) is 4.90 Å². The molecule has 1 amide bonds. The molecule has 0 aromatic carbocycles. The molecule has 1 aromatic rings. The Morgan fingerprint density at radius 2 is 2.29 bits per heavy atom. The summed E-state index contributed by atoms with van der Waals surface area (Å²) >= 11 is 1.67. The Balaban J connectivity index is 1.84. The number of methoxy groups -OCH3 is 1. The number of thiophene rings is 1. The number of nitrogens with one attached hydrogen (secondary N) is 1. The molecule has 5 heteroatoms. The highest BCUT2D eigenvalue weighted by Gasteiger charge is 2.47. The number of rotatable bonds is 5. The van der Waals surface area contributed by atoms with Crippen molar-refractivity contribution in [3.63, 3.8) is 0 Å². The van der Waals surface area contributed by atoms with Crippen molar-refractivity contribution in [2.75, 3.05) is 13.7 Å². The van der Waals surface area contributed by atoms with Crippen molar-refractivity contribution in [2.24, 2.45) is 5.92 Å². The smallest absolute Gasteiger partial charge is 0.241 e. The molecule has 3 rings (SSSR count). The zero-order chi connectivity index (χ0) is 15.0. The minimum atomic E-state index is -0.127. The van der Waals surface area contributed by atoms with Gasteiger partial charge in [0.25, 0.3) is 0 Å². The molecule has 116 valence electrons. The molecule has 2 heterocycles. The molecule has 0 radical (unpaired) electrons. The second-order valence-electron chi connectivity index (χ2n) is 6.55. The van der Waals surface area contributed by atoms with Crippen molar-refractivity contribution in [1.29, 1.82) is 0 Å². The zero-order valence-corrected chi connectivity index (χ0v) is 13.8. The number of carbonyl (C=O) groups is 1. The number of hydrogen-bond acceptors (Lipinski definition) is 4. The molecular formula is C16H24N2O2S. The van der Waals surface area contributed by atoms with Gasteiger partial charge in [0.05, 0.1) is 18.2 Å². The van der Waals surface area contributed by atoms with Gasteiger partial charge in [-0.3, -0.25) is 10.1 Å². The normalized spacial score (nSPS) is 28.2. The summed E-state index contributed by atoms with van der Waals surface area (Å²) in [7, 11) is 1.77. The van der Waals surface area contributed by atoms with Crippen LogP contribution >= 0.6 is 11.3 Å². The van der Waals surface area contributed by atoms with Crippen molar-refractivity contribution in [3.8, 4) is 0 Å². The predicted octanol–water partition coefficient (Wildman–Crippen LogP) is 2.77. The number of hydrogen-bond donors (Lipinski definition) is 1. The molecule has 1 aliphatic carbocycles. The van der Waals surface area contributed by atoms with Crippen LogP contribution in [0.3, 0.4) is 0 Å². The van der Waals surface area contributed by atoms with Crippen LogP contribution in [0, 0.1) is 5.92 Å². The van der Waals surface area contributed by atoms with E-state index in [0.29, 0.717) is 12.5 Å². The van der Waals surface area contributed by atoms with Gasteiger partial charge in [0.2, 0.25) is 5.91 Å². The first-order chi connectivity index (χ1) is 10.1. The Hall–Kier alpha value is -0.910. The van der Waals surface area contributed by atoms with Gasteiger partial charge in [-0.2, -0.15) is 11.3 Å². The molecule has 1 aromatic heterocycles. The topological polar surface area (TPSA) is 41.6 Å². The van der Waals surface area contributed by atoms with Crippen LogP contribution in [-0.4, -0.2) is 36.1 Å². The first-order valence-electron chi connectivity index (χ1n) is 7.70. The van der Waals surface area contributed by atoms with Gasteiger partial charge in [-0.05, 0) is 47.6 Å². The van der Waals surface area contributed by atoms with Crippen LogP contribution in [0.4, 0.5) is 0 Å². The highest BCUT2D eigenvalue weighted by Crippen LogP contribution is 2.39. The molecule has 2 fully saturated rings. The van der Waals surface area contributed by atoms with Crippen molar-refractivity contribution >= 4 is 17.2 Å². The maximum atomic E-state index is 12.8. The number of ether oxygens (including phenoxy) is 1. The van der Waals surface area contributed by atoms with E-state index in [2.05, 4.69) is 36.0 Å². The van der Waals surface area contributed by atoms with Crippen molar-refractivity contribution in [3.05, 3.63) is 22.4 Å². The van der Waals surface area contributed by atoms with E-state index in [-0.39, 0.29) is 23.7 Å². The lowest BCUT2D eigenvalue weighted by molar-refractivity contribution is -0.141. The molecule has 0 spiro atoms. The molecule has 0 bridgehead atoms. The maximum Gasteiger partial charge on any atom is 0.241 e. The third kappa shape index (κ3) is 2.62. The highest BCUT2D eigenvalue weighted by atomic mass is 32.1. The molecule has 1 N–H and O–H groups in total. The molecule has 1 saturated heterocycles. The number of nitrogens with zero attached hydrogens (tertiary/aromatic N) is 1.